The molecule has 0 aromatic heterocycles. The first-order chi connectivity index (χ1) is 8.87. The Morgan fingerprint density at radius 3 is 2.37 bits per heavy atom. The summed E-state index contributed by atoms with van der Waals surface area (Å²) in [5.74, 6) is 0.366. The molecule has 0 N–H and O–H groups in total. The molecule has 5 heteroatoms. The molecule has 0 saturated carbocycles. The van der Waals surface area contributed by atoms with Crippen LogP contribution in [-0.4, -0.2) is 18.9 Å². The zero-order valence-corrected chi connectivity index (χ0v) is 11.1. The lowest BCUT2D eigenvalue weighted by molar-refractivity contribution is -0.274. The van der Waals surface area contributed by atoms with Crippen LogP contribution in [0.1, 0.15) is 26.7 Å². The summed E-state index contributed by atoms with van der Waals surface area (Å²) >= 11 is 0. The van der Waals surface area contributed by atoms with Gasteiger partial charge in [-0.2, -0.15) is 0 Å². The Labute approximate surface area is 111 Å². The monoisotopic (exact) mass is 273 g/mol. The second-order valence-corrected chi connectivity index (χ2v) is 5.19. The van der Waals surface area contributed by atoms with Crippen molar-refractivity contribution in [1.82, 2.24) is 0 Å². The number of hydrogen-bond donors (Lipinski definition) is 0. The second-order valence-electron chi connectivity index (χ2n) is 5.19. The van der Waals surface area contributed by atoms with Crippen molar-refractivity contribution >= 4 is 5.69 Å². The maximum absolute atomic E-state index is 12.1. The highest BCUT2D eigenvalue weighted by Gasteiger charge is 2.31. The normalized spacial score (nSPS) is 20.1. The first kappa shape index (κ1) is 14.0. The van der Waals surface area contributed by atoms with Crippen LogP contribution in [0.5, 0.6) is 5.75 Å². The Morgan fingerprint density at radius 1 is 1.21 bits per heavy atom. The fraction of sp³-hybridized carbons (Fsp3) is 0.571. The topological polar surface area (TPSA) is 12.5 Å². The molecular formula is C14H18F3NO. The van der Waals surface area contributed by atoms with Gasteiger partial charge in [-0.05, 0) is 43.0 Å². The minimum absolute atomic E-state index is 0.170. The lowest BCUT2D eigenvalue weighted by Gasteiger charge is -2.29. The molecule has 1 atom stereocenters. The molecule has 1 unspecified atom stereocenters. The van der Waals surface area contributed by atoms with E-state index in [0.29, 0.717) is 12.0 Å². The molecule has 0 amide bonds. The molecule has 19 heavy (non-hydrogen) atoms. The highest BCUT2D eigenvalue weighted by Crippen LogP contribution is 2.31. The van der Waals surface area contributed by atoms with Gasteiger partial charge in [0.15, 0.2) is 0 Å². The maximum atomic E-state index is 12.1. The molecule has 1 saturated heterocycles. The number of rotatable bonds is 3. The molecule has 1 aromatic carbocycles. The summed E-state index contributed by atoms with van der Waals surface area (Å²) in [4.78, 5) is 2.27. The minimum Gasteiger partial charge on any atom is -0.406 e. The van der Waals surface area contributed by atoms with Gasteiger partial charge < -0.3 is 9.64 Å². The van der Waals surface area contributed by atoms with Crippen molar-refractivity contribution in [3.63, 3.8) is 0 Å². The van der Waals surface area contributed by atoms with E-state index < -0.39 is 6.36 Å². The molecule has 1 aromatic rings. The number of alkyl halides is 3. The standard InChI is InChI=1S/C14H18F3NO/c1-10(2)13-4-3-9-18(13)11-5-7-12(8-6-11)19-14(15,16)17/h5-8,10,13H,3-4,9H2,1-2H3. The van der Waals surface area contributed by atoms with Crippen LogP contribution in [0.4, 0.5) is 18.9 Å². The average molecular weight is 273 g/mol. The first-order valence-corrected chi connectivity index (χ1v) is 6.49. The van der Waals surface area contributed by atoms with Crippen molar-refractivity contribution in [3.8, 4) is 5.75 Å². The quantitative estimate of drug-likeness (QED) is 0.818. The zero-order valence-electron chi connectivity index (χ0n) is 11.1. The van der Waals surface area contributed by atoms with E-state index in [1.807, 2.05) is 0 Å². The molecule has 1 heterocycles. The first-order valence-electron chi connectivity index (χ1n) is 6.49. The zero-order chi connectivity index (χ0) is 14.0. The molecule has 1 aliphatic rings. The molecule has 1 fully saturated rings. The minimum atomic E-state index is -4.63. The third kappa shape index (κ3) is 3.55. The number of hydrogen-bond acceptors (Lipinski definition) is 2. The number of benzene rings is 1. The van der Waals surface area contributed by atoms with Crippen molar-refractivity contribution in [2.24, 2.45) is 5.92 Å². The van der Waals surface area contributed by atoms with Gasteiger partial charge >= 0.3 is 6.36 Å². The Hall–Kier alpha value is -1.39. The maximum Gasteiger partial charge on any atom is 0.573 e. The molecule has 0 spiro atoms. The second kappa shape index (κ2) is 5.31. The van der Waals surface area contributed by atoms with Gasteiger partial charge in [0.05, 0.1) is 0 Å². The van der Waals surface area contributed by atoms with Crippen LogP contribution in [0.2, 0.25) is 0 Å². The summed E-state index contributed by atoms with van der Waals surface area (Å²) in [5, 5.41) is 0. The van der Waals surface area contributed by atoms with Crippen LogP contribution in [0.25, 0.3) is 0 Å². The van der Waals surface area contributed by atoms with Crippen molar-refractivity contribution in [3.05, 3.63) is 24.3 Å². The van der Waals surface area contributed by atoms with Crippen molar-refractivity contribution in [2.45, 2.75) is 39.1 Å². The molecule has 1 aliphatic heterocycles. The van der Waals surface area contributed by atoms with Crippen molar-refractivity contribution < 1.29 is 17.9 Å². The highest BCUT2D eigenvalue weighted by atomic mass is 19.4. The van der Waals surface area contributed by atoms with E-state index >= 15 is 0 Å². The summed E-state index contributed by atoms with van der Waals surface area (Å²) < 4.78 is 40.1. The molecule has 2 nitrogen and oxygen atoms in total. The van der Waals surface area contributed by atoms with Gasteiger partial charge in [0, 0.05) is 18.3 Å². The van der Waals surface area contributed by atoms with Gasteiger partial charge in [0.2, 0.25) is 0 Å². The van der Waals surface area contributed by atoms with Crippen LogP contribution in [-0.2, 0) is 0 Å². The van der Waals surface area contributed by atoms with Gasteiger partial charge in [0.1, 0.15) is 5.75 Å². The summed E-state index contributed by atoms with van der Waals surface area (Å²) in [5.41, 5.74) is 0.964. The third-order valence-corrected chi connectivity index (χ3v) is 3.47. The Balaban J connectivity index is 2.10. The lowest BCUT2D eigenvalue weighted by atomic mass is 10.0. The van der Waals surface area contributed by atoms with E-state index in [1.54, 1.807) is 12.1 Å². The summed E-state index contributed by atoms with van der Waals surface area (Å²) in [7, 11) is 0. The SMILES string of the molecule is CC(C)C1CCCN1c1ccc(OC(F)(F)F)cc1. The summed E-state index contributed by atoms with van der Waals surface area (Å²) in [6, 6.07) is 6.61. The Kier molecular flexibility index (Phi) is 3.92. The predicted octanol–water partition coefficient (Wildman–Crippen LogP) is 4.21. The van der Waals surface area contributed by atoms with Gasteiger partial charge in [-0.25, -0.2) is 0 Å². The molecule has 106 valence electrons. The fourth-order valence-electron chi connectivity index (χ4n) is 2.65. The summed E-state index contributed by atoms with van der Waals surface area (Å²) in [6.07, 6.45) is -2.36. The molecular weight excluding hydrogens is 255 g/mol. The van der Waals surface area contributed by atoms with Gasteiger partial charge in [0.25, 0.3) is 0 Å². The van der Waals surface area contributed by atoms with Crippen LogP contribution < -0.4 is 9.64 Å². The average Bonchev–Trinajstić information content (AvgIpc) is 2.76. The number of nitrogens with zero attached hydrogens (tertiary/aromatic N) is 1. The van der Waals surface area contributed by atoms with E-state index in [0.717, 1.165) is 25.1 Å². The van der Waals surface area contributed by atoms with Gasteiger partial charge in [-0.3, -0.25) is 0 Å². The van der Waals surface area contributed by atoms with Crippen LogP contribution in [0.15, 0.2) is 24.3 Å². The van der Waals surface area contributed by atoms with Crippen LogP contribution in [0.3, 0.4) is 0 Å². The molecule has 2 rings (SSSR count). The van der Waals surface area contributed by atoms with Crippen LogP contribution in [0, 0.1) is 5.92 Å². The Bertz CT molecular complexity index is 414. The van der Waals surface area contributed by atoms with Crippen LogP contribution >= 0.6 is 0 Å². The van der Waals surface area contributed by atoms with Gasteiger partial charge in [-0.15, -0.1) is 13.2 Å². The van der Waals surface area contributed by atoms with Crippen molar-refractivity contribution in [2.75, 3.05) is 11.4 Å². The Morgan fingerprint density at radius 2 is 1.84 bits per heavy atom. The van der Waals surface area contributed by atoms with Crippen molar-refractivity contribution in [1.29, 1.82) is 0 Å². The molecule has 0 bridgehead atoms. The highest BCUT2D eigenvalue weighted by molar-refractivity contribution is 5.51. The largest absolute Gasteiger partial charge is 0.573 e. The van der Waals surface area contributed by atoms with E-state index in [1.165, 1.54) is 12.1 Å². The number of ether oxygens (including phenoxy) is 1. The van der Waals surface area contributed by atoms with E-state index in [-0.39, 0.29) is 5.75 Å². The number of anilines is 1. The molecule has 0 aliphatic carbocycles. The summed E-state index contributed by atoms with van der Waals surface area (Å²) in [6.45, 7) is 5.30. The van der Waals surface area contributed by atoms with E-state index in [9.17, 15) is 13.2 Å². The number of halogens is 3. The van der Waals surface area contributed by atoms with E-state index in [2.05, 4.69) is 23.5 Å². The third-order valence-electron chi connectivity index (χ3n) is 3.47. The smallest absolute Gasteiger partial charge is 0.406 e. The van der Waals surface area contributed by atoms with E-state index in [4.69, 9.17) is 0 Å². The lowest BCUT2D eigenvalue weighted by Crippen LogP contribution is -2.33. The predicted molar refractivity (Wildman–Crippen MR) is 68.3 cm³/mol. The van der Waals surface area contributed by atoms with Gasteiger partial charge in [-0.1, -0.05) is 13.8 Å². The fourth-order valence-corrected chi connectivity index (χ4v) is 2.65. The molecule has 0 radical (unpaired) electrons.